The lowest BCUT2D eigenvalue weighted by Crippen LogP contribution is -2.57. The van der Waals surface area contributed by atoms with Crippen LogP contribution in [0.1, 0.15) is 36.3 Å². The van der Waals surface area contributed by atoms with Crippen molar-refractivity contribution >= 4 is 28.4 Å². The maximum absolute atomic E-state index is 12.7. The summed E-state index contributed by atoms with van der Waals surface area (Å²) in [5, 5.41) is 17.5. The predicted molar refractivity (Wildman–Crippen MR) is 96.3 cm³/mol. The number of rotatable bonds is 5. The van der Waals surface area contributed by atoms with Crippen LogP contribution in [0.4, 0.5) is 9.93 Å². The van der Waals surface area contributed by atoms with E-state index in [2.05, 4.69) is 26.1 Å². The zero-order valence-electron chi connectivity index (χ0n) is 14.0. The Morgan fingerprint density at radius 3 is 2.52 bits per heavy atom. The van der Waals surface area contributed by atoms with Gasteiger partial charge in [-0.25, -0.2) is 4.79 Å². The van der Waals surface area contributed by atoms with Crippen molar-refractivity contribution in [3.05, 3.63) is 40.9 Å². The van der Waals surface area contributed by atoms with Gasteiger partial charge in [-0.1, -0.05) is 54.5 Å². The molecule has 1 aromatic carbocycles. The van der Waals surface area contributed by atoms with Crippen LogP contribution in [0.2, 0.25) is 0 Å². The number of anilines is 1. The summed E-state index contributed by atoms with van der Waals surface area (Å²) in [5.74, 6) is -0.226. The Bertz CT molecular complexity index is 741. The van der Waals surface area contributed by atoms with Crippen molar-refractivity contribution in [3.8, 4) is 0 Å². The lowest BCUT2D eigenvalue weighted by atomic mass is 9.96. The zero-order valence-corrected chi connectivity index (χ0v) is 14.9. The molecule has 1 aliphatic rings. The summed E-state index contributed by atoms with van der Waals surface area (Å²) in [6.07, 6.45) is 3.05. The maximum atomic E-state index is 12.7. The molecule has 1 heterocycles. The minimum absolute atomic E-state index is 0.226. The van der Waals surface area contributed by atoms with Gasteiger partial charge in [0.15, 0.2) is 0 Å². The standard InChI is InChI=1S/C17H21N5O2S/c1-12-21-22-16(25-12)19-14(23)17(9-5-6-10-17)20-15(24)18-11-13-7-3-2-4-8-13/h2-4,7-8H,5-6,9-11H2,1H3,(H2,18,20,24)(H,19,22,23). The van der Waals surface area contributed by atoms with Crippen LogP contribution in [0.25, 0.3) is 0 Å². The van der Waals surface area contributed by atoms with Crippen molar-refractivity contribution in [2.75, 3.05) is 5.32 Å². The van der Waals surface area contributed by atoms with Crippen molar-refractivity contribution < 1.29 is 9.59 Å². The van der Waals surface area contributed by atoms with E-state index in [0.29, 0.717) is 24.5 Å². The van der Waals surface area contributed by atoms with Gasteiger partial charge in [0, 0.05) is 6.54 Å². The van der Waals surface area contributed by atoms with E-state index in [1.54, 1.807) is 0 Å². The highest BCUT2D eigenvalue weighted by atomic mass is 32.1. The summed E-state index contributed by atoms with van der Waals surface area (Å²) in [7, 11) is 0. The Kier molecular flexibility index (Phi) is 5.28. The molecule has 0 saturated heterocycles. The molecule has 3 amide bonds. The molecular weight excluding hydrogens is 338 g/mol. The second kappa shape index (κ2) is 7.60. The molecule has 7 nitrogen and oxygen atoms in total. The van der Waals surface area contributed by atoms with Crippen molar-refractivity contribution in [3.63, 3.8) is 0 Å². The summed E-state index contributed by atoms with van der Waals surface area (Å²) in [5.41, 5.74) is 0.118. The minimum atomic E-state index is -0.889. The van der Waals surface area contributed by atoms with E-state index < -0.39 is 5.54 Å². The van der Waals surface area contributed by atoms with Crippen LogP contribution < -0.4 is 16.0 Å². The lowest BCUT2D eigenvalue weighted by molar-refractivity contribution is -0.121. The van der Waals surface area contributed by atoms with Crippen molar-refractivity contribution in [2.45, 2.75) is 44.7 Å². The fourth-order valence-electron chi connectivity index (χ4n) is 2.99. The van der Waals surface area contributed by atoms with Gasteiger partial charge in [-0.3, -0.25) is 10.1 Å². The van der Waals surface area contributed by atoms with Crippen LogP contribution in [0.3, 0.4) is 0 Å². The lowest BCUT2D eigenvalue weighted by Gasteiger charge is -2.28. The average molecular weight is 359 g/mol. The van der Waals surface area contributed by atoms with Gasteiger partial charge >= 0.3 is 6.03 Å². The van der Waals surface area contributed by atoms with Gasteiger partial charge in [0.1, 0.15) is 10.5 Å². The molecule has 8 heteroatoms. The first-order chi connectivity index (χ1) is 12.1. The van der Waals surface area contributed by atoms with Crippen LogP contribution in [0, 0.1) is 6.92 Å². The molecule has 2 aromatic rings. The normalized spacial score (nSPS) is 15.6. The summed E-state index contributed by atoms with van der Waals surface area (Å²) in [6, 6.07) is 9.31. The molecule has 1 saturated carbocycles. The molecule has 0 spiro atoms. The van der Waals surface area contributed by atoms with Gasteiger partial charge in [0.05, 0.1) is 0 Å². The summed E-state index contributed by atoms with van der Waals surface area (Å²) in [6.45, 7) is 2.24. The molecule has 0 unspecified atom stereocenters. The first-order valence-electron chi connectivity index (χ1n) is 8.29. The van der Waals surface area contributed by atoms with E-state index in [9.17, 15) is 9.59 Å². The molecule has 0 bridgehead atoms. The van der Waals surface area contributed by atoms with Gasteiger partial charge in [0.25, 0.3) is 5.91 Å². The number of aryl methyl sites for hydroxylation is 1. The Hall–Kier alpha value is -2.48. The molecule has 0 atom stereocenters. The van der Waals surface area contributed by atoms with Crippen LogP contribution in [0.5, 0.6) is 0 Å². The van der Waals surface area contributed by atoms with Crippen LogP contribution in [-0.2, 0) is 11.3 Å². The van der Waals surface area contributed by atoms with Gasteiger partial charge < -0.3 is 10.6 Å². The molecule has 0 radical (unpaired) electrons. The van der Waals surface area contributed by atoms with Crippen LogP contribution >= 0.6 is 11.3 Å². The van der Waals surface area contributed by atoms with Gasteiger partial charge in [-0.05, 0) is 25.3 Å². The van der Waals surface area contributed by atoms with Gasteiger partial charge in [-0.2, -0.15) is 0 Å². The molecule has 1 fully saturated rings. The number of hydrogen-bond acceptors (Lipinski definition) is 5. The average Bonchev–Trinajstić information content (AvgIpc) is 3.24. The number of amides is 3. The Labute approximate surface area is 150 Å². The summed E-state index contributed by atoms with van der Waals surface area (Å²) < 4.78 is 0. The number of aromatic nitrogens is 2. The topological polar surface area (TPSA) is 96.0 Å². The molecule has 132 valence electrons. The van der Waals surface area contributed by atoms with Crippen LogP contribution in [0.15, 0.2) is 30.3 Å². The van der Waals surface area contributed by atoms with Gasteiger partial charge in [-0.15, -0.1) is 10.2 Å². The largest absolute Gasteiger partial charge is 0.334 e. The first-order valence-corrected chi connectivity index (χ1v) is 9.11. The van der Waals surface area contributed by atoms with E-state index in [4.69, 9.17) is 0 Å². The molecule has 3 N–H and O–H groups in total. The number of urea groups is 1. The Balaban J connectivity index is 1.61. The van der Waals surface area contributed by atoms with E-state index in [1.165, 1.54) is 11.3 Å². The van der Waals surface area contributed by atoms with E-state index >= 15 is 0 Å². The molecule has 25 heavy (non-hydrogen) atoms. The third kappa shape index (κ3) is 4.33. The number of nitrogens with zero attached hydrogens (tertiary/aromatic N) is 2. The van der Waals surface area contributed by atoms with Crippen molar-refractivity contribution in [1.29, 1.82) is 0 Å². The number of hydrogen-bond donors (Lipinski definition) is 3. The number of carbonyl (C=O) groups is 2. The highest BCUT2D eigenvalue weighted by molar-refractivity contribution is 7.15. The molecule has 1 aliphatic carbocycles. The summed E-state index contributed by atoms with van der Waals surface area (Å²) in [4.78, 5) is 25.1. The molecular formula is C17H21N5O2S. The fourth-order valence-corrected chi connectivity index (χ4v) is 3.58. The quantitative estimate of drug-likeness (QED) is 0.764. The zero-order chi connectivity index (χ0) is 17.7. The van der Waals surface area contributed by atoms with Gasteiger partial charge in [0.2, 0.25) is 5.13 Å². The highest BCUT2D eigenvalue weighted by Gasteiger charge is 2.42. The predicted octanol–water partition coefficient (Wildman–Crippen LogP) is 2.60. The Morgan fingerprint density at radius 1 is 1.16 bits per heavy atom. The minimum Gasteiger partial charge on any atom is -0.334 e. The van der Waals surface area contributed by atoms with E-state index in [0.717, 1.165) is 23.4 Å². The second-order valence-corrected chi connectivity index (χ2v) is 7.34. The molecule has 0 aliphatic heterocycles. The fraction of sp³-hybridized carbons (Fsp3) is 0.412. The second-order valence-electron chi connectivity index (χ2n) is 6.16. The third-order valence-electron chi connectivity index (χ3n) is 4.29. The molecule has 1 aromatic heterocycles. The number of benzene rings is 1. The van der Waals surface area contributed by atoms with E-state index in [-0.39, 0.29) is 11.9 Å². The number of nitrogens with one attached hydrogen (secondary N) is 3. The highest BCUT2D eigenvalue weighted by Crippen LogP contribution is 2.31. The van der Waals surface area contributed by atoms with E-state index in [1.807, 2.05) is 37.3 Å². The monoisotopic (exact) mass is 359 g/mol. The van der Waals surface area contributed by atoms with Crippen molar-refractivity contribution in [1.82, 2.24) is 20.8 Å². The Morgan fingerprint density at radius 2 is 1.88 bits per heavy atom. The smallest absolute Gasteiger partial charge is 0.315 e. The third-order valence-corrected chi connectivity index (χ3v) is 5.04. The molecule has 3 rings (SSSR count). The summed E-state index contributed by atoms with van der Waals surface area (Å²) >= 11 is 1.32. The number of carbonyl (C=O) groups excluding carboxylic acids is 2. The SMILES string of the molecule is Cc1nnc(NC(=O)C2(NC(=O)NCc3ccccc3)CCCC2)s1. The first kappa shape index (κ1) is 17.3. The van der Waals surface area contributed by atoms with Crippen LogP contribution in [-0.4, -0.2) is 27.7 Å². The maximum Gasteiger partial charge on any atom is 0.315 e. The van der Waals surface area contributed by atoms with Crippen molar-refractivity contribution in [2.24, 2.45) is 0 Å².